The van der Waals surface area contributed by atoms with Gasteiger partial charge in [-0.1, -0.05) is 30.4 Å². The molecule has 0 aliphatic heterocycles. The Morgan fingerprint density at radius 1 is 0.224 bits per heavy atom. The fourth-order valence-corrected chi connectivity index (χ4v) is 28.9. The molecule has 4 atom stereocenters. The number of rotatable bonds is 10. The molecule has 0 spiro atoms. The third-order valence-corrected chi connectivity index (χ3v) is 28.5. The van der Waals surface area contributed by atoms with Gasteiger partial charge in [0, 0.05) is 10.8 Å². The van der Waals surface area contributed by atoms with Gasteiger partial charge in [0.2, 0.25) is 0 Å². The van der Waals surface area contributed by atoms with Crippen molar-refractivity contribution in [1.82, 2.24) is 0 Å². The van der Waals surface area contributed by atoms with Gasteiger partial charge >= 0.3 is 0 Å². The van der Waals surface area contributed by atoms with E-state index in [1.54, 1.807) is 293 Å². The lowest BCUT2D eigenvalue weighted by Crippen LogP contribution is -2.64. The molecule has 32 rings (SSSR count). The monoisotopic (exact) mass is 960 g/mol. The van der Waals surface area contributed by atoms with Gasteiger partial charge in [0.15, 0.2) is 0 Å². The van der Waals surface area contributed by atoms with Gasteiger partial charge in [-0.15, -0.1) is 44.5 Å². The van der Waals surface area contributed by atoms with Crippen LogP contribution in [0.25, 0.3) is 215 Å². The summed E-state index contributed by atoms with van der Waals surface area (Å²) in [6.07, 6.45) is 16.0. The molecule has 0 nitrogen and oxygen atoms in total. The first-order chi connectivity index (χ1) is 37.5. The molecule has 0 amide bonds. The highest BCUT2D eigenvalue weighted by atomic mass is 35.5. The maximum atomic E-state index is 10.3. The van der Waals surface area contributed by atoms with Crippen molar-refractivity contribution in [2.45, 2.75) is 64.1 Å². The molecule has 76 heavy (non-hydrogen) atoms. The number of hydrogen-bond acceptors (Lipinski definition) is 0. The third-order valence-electron chi connectivity index (χ3n) is 27.8. The highest BCUT2D eigenvalue weighted by Gasteiger charge is 2.85. The Balaban J connectivity index is 1.18. The predicted molar refractivity (Wildman–Crippen MR) is 319 cm³/mol. The second kappa shape index (κ2) is 7.29. The third kappa shape index (κ3) is 1.66. The van der Waals surface area contributed by atoms with Crippen LogP contribution in [-0.4, -0.2) is 4.87 Å². The highest BCUT2D eigenvalue weighted by molar-refractivity contribution is 6.77. The summed E-state index contributed by atoms with van der Waals surface area (Å²) in [6, 6.07) is 0. The number of alkyl halides is 1. The second-order valence-electron chi connectivity index (χ2n) is 27.9. The minimum absolute atomic E-state index is 0.478. The van der Waals surface area contributed by atoms with E-state index < -0.39 is 31.9 Å². The van der Waals surface area contributed by atoms with Crippen LogP contribution in [0.3, 0.4) is 0 Å². The summed E-state index contributed by atoms with van der Waals surface area (Å²) in [6.45, 7) is 24.5. The lowest BCUT2D eigenvalue weighted by atomic mass is 9.41. The summed E-state index contributed by atoms with van der Waals surface area (Å²) in [5, 5.41) is 64.2. The molecule has 1 heteroatoms. The van der Waals surface area contributed by atoms with Crippen LogP contribution in [0.5, 0.6) is 0 Å². The number of hydrogen-bond donors (Lipinski definition) is 0. The average molecular weight is 961 g/mol. The van der Waals surface area contributed by atoms with Crippen LogP contribution in [0.4, 0.5) is 0 Å². The van der Waals surface area contributed by atoms with Gasteiger partial charge in [0.25, 0.3) is 0 Å². The topological polar surface area (TPSA) is 0 Å². The van der Waals surface area contributed by atoms with Crippen LogP contribution in [-0.2, 0) is 27.1 Å². The summed E-state index contributed by atoms with van der Waals surface area (Å²) in [4.78, 5) is -0.920. The summed E-state index contributed by atoms with van der Waals surface area (Å²) in [7, 11) is 0. The van der Waals surface area contributed by atoms with E-state index in [0.717, 1.165) is 32.1 Å². The summed E-state index contributed by atoms with van der Waals surface area (Å²) in [5.41, 5.74) is 20.0. The zero-order chi connectivity index (χ0) is 47.2. The van der Waals surface area contributed by atoms with Crippen LogP contribution in [0, 0.1) is 0 Å². The number of halogens is 1. The van der Waals surface area contributed by atoms with Gasteiger partial charge in [-0.25, -0.2) is 0 Å². The molecule has 21 aromatic carbocycles. The zero-order valence-corrected chi connectivity index (χ0v) is 41.1. The molecule has 0 saturated heterocycles. The zero-order valence-electron chi connectivity index (χ0n) is 40.3. The summed E-state index contributed by atoms with van der Waals surface area (Å²) >= 11 is 10.3. The van der Waals surface area contributed by atoms with Gasteiger partial charge in [0.05, 0.1) is 16.2 Å². The molecule has 11 aliphatic carbocycles. The van der Waals surface area contributed by atoms with Gasteiger partial charge in [-0.2, -0.15) is 0 Å². The lowest BCUT2D eigenvalue weighted by molar-refractivity contribution is 0.322. The highest BCUT2D eigenvalue weighted by Crippen LogP contribution is 2.93. The first-order valence-electron chi connectivity index (χ1n) is 28.5. The first-order valence-corrected chi connectivity index (χ1v) is 28.9. The van der Waals surface area contributed by atoms with Crippen LogP contribution in [0.15, 0.2) is 85.6 Å². The Bertz CT molecular complexity index is 6700. The largest absolute Gasteiger partial charge is 0.108 e. The summed E-state index contributed by atoms with van der Waals surface area (Å²) in [5.74, 6) is 0. The fourth-order valence-electron chi connectivity index (χ4n) is 28.2. The van der Waals surface area contributed by atoms with Crippen molar-refractivity contribution < 1.29 is 0 Å². The van der Waals surface area contributed by atoms with Crippen molar-refractivity contribution in [3.05, 3.63) is 141 Å². The lowest BCUT2D eigenvalue weighted by Gasteiger charge is -2.64. The van der Waals surface area contributed by atoms with Crippen LogP contribution >= 0.6 is 11.6 Å². The van der Waals surface area contributed by atoms with E-state index >= 15 is 0 Å². The Hall–Kier alpha value is -8.03. The number of allylic oxidation sites excluding steroid dienone is 9. The molecule has 0 saturated carbocycles. The summed E-state index contributed by atoms with van der Waals surface area (Å²) < 4.78 is 0. The van der Waals surface area contributed by atoms with E-state index in [9.17, 15) is 11.6 Å². The maximum Gasteiger partial charge on any atom is 0.104 e. The Labute approximate surface area is 429 Å². The number of benzene rings is 15. The normalized spacial score (nSPS) is 30.4. The van der Waals surface area contributed by atoms with E-state index in [0.29, 0.717) is 0 Å². The van der Waals surface area contributed by atoms with E-state index in [-0.39, 0.29) is 0 Å². The fraction of sp³-hybridized carbons (Fsp3) is 0.147. The van der Waals surface area contributed by atoms with Gasteiger partial charge < -0.3 is 0 Å². The predicted octanol–water partition coefficient (Wildman–Crippen LogP) is 19.1. The molecule has 0 aromatic heterocycles. The average Bonchev–Trinajstić information content (AvgIpc) is 1.46. The van der Waals surface area contributed by atoms with Gasteiger partial charge in [-0.3, -0.25) is 0 Å². The van der Waals surface area contributed by atoms with Crippen molar-refractivity contribution in [2.75, 3.05) is 0 Å². The maximum absolute atomic E-state index is 10.3. The van der Waals surface area contributed by atoms with Crippen molar-refractivity contribution in [3.63, 3.8) is 0 Å². The van der Waals surface area contributed by atoms with E-state index in [1.165, 1.54) is 0 Å². The molecule has 0 fully saturated rings. The molecule has 0 radical (unpaired) electrons. The van der Waals surface area contributed by atoms with Crippen LogP contribution in [0.2, 0.25) is 0 Å². The Kier molecular flexibility index (Phi) is 3.05. The van der Waals surface area contributed by atoms with Crippen molar-refractivity contribution in [1.29, 1.82) is 0 Å². The molecule has 332 valence electrons. The van der Waals surface area contributed by atoms with E-state index in [4.69, 9.17) is 32.9 Å². The first kappa shape index (κ1) is 31.8. The minimum Gasteiger partial charge on any atom is -0.108 e. The standard InChI is InChI=1S/C75H25Cl/c1-6-11-70-56-46-36-26-21-16-17-19-20-18(16)23-29-27(21)37(36)47-49-39(29)41-31(23)33-25(20)35-34-24(19)32-30-22(17)28(26)38-40(30)50-52-42(32)44(34)54-55-45(35)43(33)53-51(41)61-59(49)71(12-7-2,57(47)56)67-66(70)68-72(13-8-3,60(50)58(70)48(38)46)62(52)64(54)74(15-10-5)65(55)63(53)73(61,14-9-4)69(67)75(68,74)76/h6-10H,1-5,11-15H2. The molecular formula is C75H25Cl. The molecule has 0 heterocycles. The van der Waals surface area contributed by atoms with Crippen LogP contribution in [0.1, 0.15) is 87.7 Å². The van der Waals surface area contributed by atoms with Gasteiger partial charge in [-0.05, 0) is 325 Å². The molecular weight excluding hydrogens is 936 g/mol. The molecule has 0 bridgehead atoms. The SMILES string of the molecule is C=CCC12C3=C4C5(CC=C)c6c1c1c7c2c2c8c9c%10c%11c%12c%13c%14c%15c%16c%17c(c5c5c6c6c1c1c%18c7c8c7c8c9c%12c9c%12c%13c%16c%13c%16c%17c5c5c6c1c1c(c%187)c(c89)c(c%12%13)c1c5%16)C%15(CC=C)C4(Cl)C(=C3C2%10CC=C)C%11%14CC=C. The van der Waals surface area contributed by atoms with Crippen LogP contribution < -0.4 is 0 Å². The molecule has 11 aliphatic rings. The quantitative estimate of drug-likeness (QED) is 0.0728. The van der Waals surface area contributed by atoms with Crippen molar-refractivity contribution >= 4 is 227 Å². The van der Waals surface area contributed by atoms with Crippen molar-refractivity contribution in [3.8, 4) is 0 Å². The molecule has 0 N–H and O–H groups in total. The molecule has 4 unspecified atom stereocenters. The minimum atomic E-state index is -0.920. The Morgan fingerprint density at radius 2 is 0.395 bits per heavy atom. The van der Waals surface area contributed by atoms with Crippen molar-refractivity contribution in [2.24, 2.45) is 0 Å². The Morgan fingerprint density at radius 3 is 0.618 bits per heavy atom. The van der Waals surface area contributed by atoms with E-state index in [1.807, 2.05) is 0 Å². The molecule has 21 aromatic rings. The van der Waals surface area contributed by atoms with E-state index in [2.05, 4.69) is 30.4 Å². The smallest absolute Gasteiger partial charge is 0.104 e. The second-order valence-corrected chi connectivity index (χ2v) is 28.5. The van der Waals surface area contributed by atoms with Gasteiger partial charge in [0.1, 0.15) is 4.87 Å².